The number of rotatable bonds is 3. The minimum atomic E-state index is -0.537. The average Bonchev–Trinajstić information content (AvgIpc) is 2.93. The van der Waals surface area contributed by atoms with Gasteiger partial charge in [-0.1, -0.05) is 6.07 Å². The van der Waals surface area contributed by atoms with Crippen molar-refractivity contribution in [3.8, 4) is 5.75 Å². The Balaban J connectivity index is 1.99. The maximum Gasteiger partial charge on any atom is 0.126 e. The van der Waals surface area contributed by atoms with Crippen LogP contribution in [0.5, 0.6) is 5.75 Å². The number of thiophene rings is 1. The molecule has 106 valence electrons. The third kappa shape index (κ3) is 2.30. The van der Waals surface area contributed by atoms with Crippen molar-refractivity contribution in [3.63, 3.8) is 0 Å². The summed E-state index contributed by atoms with van der Waals surface area (Å²) in [6.45, 7) is 3.69. The van der Waals surface area contributed by atoms with E-state index in [0.29, 0.717) is 0 Å². The first-order chi connectivity index (χ1) is 9.70. The van der Waals surface area contributed by atoms with Crippen LogP contribution in [0, 0.1) is 0 Å². The standard InChI is InChI=1S/C16H19NO2S/c1-11(18)16-13(4-3-5-14(16)19-2)17-8-6-15-12(10-17)7-9-20-15/h3-5,7,9,11,18H,6,8,10H2,1-2H3. The van der Waals surface area contributed by atoms with Gasteiger partial charge in [-0.3, -0.25) is 0 Å². The van der Waals surface area contributed by atoms with E-state index in [1.54, 1.807) is 14.0 Å². The van der Waals surface area contributed by atoms with Crippen LogP contribution in [0.4, 0.5) is 5.69 Å². The fraction of sp³-hybridized carbons (Fsp3) is 0.375. The van der Waals surface area contributed by atoms with Gasteiger partial charge in [-0.25, -0.2) is 0 Å². The molecule has 1 aliphatic heterocycles. The molecule has 3 rings (SSSR count). The SMILES string of the molecule is COc1cccc(N2CCc3sccc3C2)c1C(C)O. The van der Waals surface area contributed by atoms with E-state index >= 15 is 0 Å². The molecule has 1 aromatic heterocycles. The van der Waals surface area contributed by atoms with Crippen molar-refractivity contribution in [1.82, 2.24) is 0 Å². The number of hydrogen-bond acceptors (Lipinski definition) is 4. The molecular weight excluding hydrogens is 270 g/mol. The van der Waals surface area contributed by atoms with Crippen LogP contribution >= 0.6 is 11.3 Å². The molecule has 1 aromatic carbocycles. The molecular formula is C16H19NO2S. The Kier molecular flexibility index (Phi) is 3.68. The third-order valence-electron chi connectivity index (χ3n) is 3.83. The van der Waals surface area contributed by atoms with Gasteiger partial charge in [0.05, 0.1) is 13.2 Å². The predicted molar refractivity (Wildman–Crippen MR) is 82.7 cm³/mol. The molecule has 0 amide bonds. The van der Waals surface area contributed by atoms with Crippen molar-refractivity contribution >= 4 is 17.0 Å². The number of methoxy groups -OCH3 is 1. The lowest BCUT2D eigenvalue weighted by Gasteiger charge is -2.32. The van der Waals surface area contributed by atoms with Gasteiger partial charge in [0.15, 0.2) is 0 Å². The average molecular weight is 289 g/mol. The number of aliphatic hydroxyl groups excluding tert-OH is 1. The van der Waals surface area contributed by atoms with Gasteiger partial charge in [0.25, 0.3) is 0 Å². The van der Waals surface area contributed by atoms with Crippen molar-refractivity contribution in [2.75, 3.05) is 18.6 Å². The highest BCUT2D eigenvalue weighted by molar-refractivity contribution is 7.10. The number of aliphatic hydroxyl groups is 1. The molecule has 1 aliphatic rings. The first-order valence-electron chi connectivity index (χ1n) is 6.86. The van der Waals surface area contributed by atoms with Crippen LogP contribution in [-0.2, 0) is 13.0 Å². The number of ether oxygens (including phenoxy) is 1. The number of nitrogens with zero attached hydrogens (tertiary/aromatic N) is 1. The third-order valence-corrected chi connectivity index (χ3v) is 4.85. The molecule has 0 spiro atoms. The predicted octanol–water partition coefficient (Wildman–Crippen LogP) is 3.37. The highest BCUT2D eigenvalue weighted by Gasteiger charge is 2.22. The van der Waals surface area contributed by atoms with E-state index in [-0.39, 0.29) is 0 Å². The smallest absolute Gasteiger partial charge is 0.126 e. The summed E-state index contributed by atoms with van der Waals surface area (Å²) in [4.78, 5) is 3.82. The van der Waals surface area contributed by atoms with Crippen molar-refractivity contribution in [2.45, 2.75) is 26.0 Å². The van der Waals surface area contributed by atoms with Gasteiger partial charge in [-0.2, -0.15) is 0 Å². The summed E-state index contributed by atoms with van der Waals surface area (Å²) in [5.41, 5.74) is 3.37. The van der Waals surface area contributed by atoms with Gasteiger partial charge >= 0.3 is 0 Å². The van der Waals surface area contributed by atoms with Gasteiger partial charge < -0.3 is 14.7 Å². The zero-order valence-corrected chi connectivity index (χ0v) is 12.6. The van der Waals surface area contributed by atoms with Gasteiger partial charge in [-0.05, 0) is 42.5 Å². The molecule has 0 aliphatic carbocycles. The molecule has 4 heteroatoms. The minimum Gasteiger partial charge on any atom is -0.496 e. The van der Waals surface area contributed by atoms with E-state index in [2.05, 4.69) is 22.4 Å². The molecule has 1 atom stereocenters. The zero-order valence-electron chi connectivity index (χ0n) is 11.8. The van der Waals surface area contributed by atoms with E-state index in [4.69, 9.17) is 4.74 Å². The maximum atomic E-state index is 10.1. The van der Waals surface area contributed by atoms with Crippen molar-refractivity contribution < 1.29 is 9.84 Å². The molecule has 3 nitrogen and oxygen atoms in total. The maximum absolute atomic E-state index is 10.1. The summed E-state index contributed by atoms with van der Waals surface area (Å²) in [5.74, 6) is 0.758. The zero-order chi connectivity index (χ0) is 14.1. The fourth-order valence-electron chi connectivity index (χ4n) is 2.86. The van der Waals surface area contributed by atoms with Crippen LogP contribution in [-0.4, -0.2) is 18.8 Å². The van der Waals surface area contributed by atoms with Crippen molar-refractivity contribution in [1.29, 1.82) is 0 Å². The van der Waals surface area contributed by atoms with Gasteiger partial charge in [0, 0.05) is 29.2 Å². The normalized spacial score (nSPS) is 15.8. The molecule has 2 heterocycles. The summed E-state index contributed by atoms with van der Waals surface area (Å²) >= 11 is 1.84. The van der Waals surface area contributed by atoms with Crippen LogP contribution < -0.4 is 9.64 Å². The second-order valence-corrected chi connectivity index (χ2v) is 6.11. The van der Waals surface area contributed by atoms with E-state index in [1.165, 1.54) is 10.4 Å². The van der Waals surface area contributed by atoms with Crippen LogP contribution in [0.3, 0.4) is 0 Å². The van der Waals surface area contributed by atoms with E-state index in [0.717, 1.165) is 36.5 Å². The van der Waals surface area contributed by atoms with Gasteiger partial charge in [0.1, 0.15) is 5.75 Å². The molecule has 0 bridgehead atoms. The fourth-order valence-corrected chi connectivity index (χ4v) is 3.75. The Morgan fingerprint density at radius 1 is 1.35 bits per heavy atom. The second kappa shape index (κ2) is 5.46. The van der Waals surface area contributed by atoms with Gasteiger partial charge in [-0.15, -0.1) is 11.3 Å². The highest BCUT2D eigenvalue weighted by Crippen LogP contribution is 2.37. The van der Waals surface area contributed by atoms with Crippen LogP contribution in [0.25, 0.3) is 0 Å². The molecule has 1 unspecified atom stereocenters. The van der Waals surface area contributed by atoms with E-state index in [9.17, 15) is 5.11 Å². The molecule has 20 heavy (non-hydrogen) atoms. The summed E-state index contributed by atoms with van der Waals surface area (Å²) in [7, 11) is 1.65. The van der Waals surface area contributed by atoms with E-state index < -0.39 is 6.10 Å². The molecule has 0 fully saturated rings. The number of anilines is 1. The first kappa shape index (κ1) is 13.5. The molecule has 0 saturated heterocycles. The summed E-state index contributed by atoms with van der Waals surface area (Å²) in [6.07, 6.45) is 0.536. The van der Waals surface area contributed by atoms with Crippen molar-refractivity contribution in [3.05, 3.63) is 45.6 Å². The topological polar surface area (TPSA) is 32.7 Å². The molecule has 0 radical (unpaired) electrons. The first-order valence-corrected chi connectivity index (χ1v) is 7.74. The van der Waals surface area contributed by atoms with E-state index in [1.807, 2.05) is 23.5 Å². The highest BCUT2D eigenvalue weighted by atomic mass is 32.1. The van der Waals surface area contributed by atoms with Crippen molar-refractivity contribution in [2.24, 2.45) is 0 Å². The lowest BCUT2D eigenvalue weighted by atomic mass is 10.0. The summed E-state index contributed by atoms with van der Waals surface area (Å²) < 4.78 is 5.41. The second-order valence-electron chi connectivity index (χ2n) is 5.11. The molecule has 1 N–H and O–H groups in total. The Hall–Kier alpha value is -1.52. The monoisotopic (exact) mass is 289 g/mol. The number of benzene rings is 1. The molecule has 0 saturated carbocycles. The Morgan fingerprint density at radius 3 is 2.95 bits per heavy atom. The number of fused-ring (bicyclic) bond motifs is 1. The van der Waals surface area contributed by atoms with Crippen LogP contribution in [0.1, 0.15) is 29.0 Å². The lowest BCUT2D eigenvalue weighted by Crippen LogP contribution is -2.30. The summed E-state index contributed by atoms with van der Waals surface area (Å²) in [6, 6.07) is 8.17. The lowest BCUT2D eigenvalue weighted by molar-refractivity contribution is 0.194. The van der Waals surface area contributed by atoms with Gasteiger partial charge in [0.2, 0.25) is 0 Å². The molecule has 2 aromatic rings. The summed E-state index contributed by atoms with van der Waals surface area (Å²) in [5, 5.41) is 12.3. The largest absolute Gasteiger partial charge is 0.496 e. The Morgan fingerprint density at radius 2 is 2.20 bits per heavy atom. The quantitative estimate of drug-likeness (QED) is 0.940. The Labute approximate surface area is 123 Å². The van der Waals surface area contributed by atoms with Crippen LogP contribution in [0.15, 0.2) is 29.6 Å². The number of hydrogen-bond donors (Lipinski definition) is 1. The van der Waals surface area contributed by atoms with Crippen LogP contribution in [0.2, 0.25) is 0 Å². The minimum absolute atomic E-state index is 0.537. The Bertz CT molecular complexity index is 606.